The van der Waals surface area contributed by atoms with Crippen LogP contribution in [0.1, 0.15) is 64.8 Å². The van der Waals surface area contributed by atoms with Gasteiger partial charge in [0.15, 0.2) is 0 Å². The summed E-state index contributed by atoms with van der Waals surface area (Å²) in [4.78, 5) is 52.2. The van der Waals surface area contributed by atoms with Crippen LogP contribution in [-0.2, 0) is 41.7 Å². The number of nitrogens with zero attached hydrogens (tertiary/aromatic N) is 5. The van der Waals surface area contributed by atoms with E-state index < -0.39 is 5.97 Å². The molecule has 0 unspecified atom stereocenters. The number of aryl methyl sites for hydroxylation is 5. The van der Waals surface area contributed by atoms with Gasteiger partial charge in [0.1, 0.15) is 5.84 Å². The van der Waals surface area contributed by atoms with Crippen molar-refractivity contribution >= 4 is 155 Å². The van der Waals surface area contributed by atoms with Crippen molar-refractivity contribution in [3.05, 3.63) is 186 Å². The number of nitrogens with one attached hydrogen (secondary N) is 5. The molecule has 6 aromatic heterocycles. The van der Waals surface area contributed by atoms with Crippen LogP contribution < -0.4 is 11.5 Å². The van der Waals surface area contributed by atoms with Gasteiger partial charge in [-0.1, -0.05) is 53.9 Å². The predicted molar refractivity (Wildman–Crippen MR) is 385 cm³/mol. The number of thiophene rings is 1. The van der Waals surface area contributed by atoms with Gasteiger partial charge in [-0.15, -0.1) is 23.7 Å². The molecular weight excluding hydrogens is 1340 g/mol. The summed E-state index contributed by atoms with van der Waals surface area (Å²) in [5.41, 5.74) is 25.7. The molecule has 10 N–H and O–H groups in total. The normalized spacial score (nSPS) is 11.3. The molecule has 0 fully saturated rings. The number of carboxylic acids is 1. The van der Waals surface area contributed by atoms with Crippen molar-refractivity contribution in [2.45, 2.75) is 64.2 Å². The fraction of sp³-hybridized carbons (Fsp3) is 0.309. The summed E-state index contributed by atoms with van der Waals surface area (Å²) >= 11 is 12.0. The van der Waals surface area contributed by atoms with E-state index in [0.717, 1.165) is 109 Å². The third-order valence-electron chi connectivity index (χ3n) is 14.6. The molecule has 468 valence electrons. The van der Waals surface area contributed by atoms with Crippen LogP contribution in [0, 0.1) is 0 Å². The molecule has 20 heteroatoms. The maximum Gasteiger partial charge on any atom is 0.303 e. The maximum atomic E-state index is 11.5. The standard InChI is InChI=1S/C18H22N4S.C13H15BrN2O.C13H17BrN2.C13H19N3.C11H10BrNO2.ClH/c1-22(2)9-3-5-13-12-20-16-8-7-14(11-15(13)16)21-18(19)17-6-4-10-23-17;1-16(2)13(17)6-3-9-8-15-12-5-4-10(14)7-11(9)12;2*1-16(2)7-3-4-10-9-15-13-6-5-11(14)8-12(10)13;12-8-2-3-10-9(5-8)7(6-13-10)1-4-11(14)15;/h4,6-8,10-12,20H,3,5,9H2,1-2H3,(H2,19,21);4-5,7-8,15H,3,6H2,1-2H3;5-6,8-9,15H,3-4,7H2,1-2H3;5-6,8-9,15H,3-4,7,14H2,1-2H3;2-3,5-6,13H,1,4H2,(H,14,15);1H. The van der Waals surface area contributed by atoms with Crippen LogP contribution in [0.2, 0.25) is 0 Å². The summed E-state index contributed by atoms with van der Waals surface area (Å²) in [6, 6.07) is 34.7. The molecule has 1 amide bonds. The number of benzene rings is 5. The van der Waals surface area contributed by atoms with Crippen molar-refractivity contribution in [1.29, 1.82) is 0 Å². The van der Waals surface area contributed by atoms with Crippen molar-refractivity contribution in [2.75, 3.05) is 81.7 Å². The number of halogens is 4. The summed E-state index contributed by atoms with van der Waals surface area (Å²) in [7, 11) is 16.2. The van der Waals surface area contributed by atoms with Crippen molar-refractivity contribution < 1.29 is 14.7 Å². The number of aliphatic carboxylic acids is 1. The van der Waals surface area contributed by atoms with Gasteiger partial charge in [0, 0.05) is 132 Å². The van der Waals surface area contributed by atoms with Gasteiger partial charge in [0.05, 0.1) is 10.6 Å². The van der Waals surface area contributed by atoms with E-state index in [2.05, 4.69) is 196 Å². The number of rotatable bonds is 20. The first-order valence-corrected chi connectivity index (χ1v) is 32.4. The Morgan fingerprint density at radius 1 is 0.500 bits per heavy atom. The summed E-state index contributed by atoms with van der Waals surface area (Å²) in [6.45, 7) is 3.35. The fourth-order valence-corrected chi connectivity index (χ4v) is 11.7. The minimum Gasteiger partial charge on any atom is -0.481 e. The summed E-state index contributed by atoms with van der Waals surface area (Å²) in [6.07, 6.45) is 19.1. The van der Waals surface area contributed by atoms with Crippen LogP contribution >= 0.6 is 71.5 Å². The molecular formula is C68H84Br3ClN12O3S. The number of amidine groups is 1. The van der Waals surface area contributed by atoms with Crippen LogP contribution in [-0.4, -0.2) is 143 Å². The molecule has 0 aliphatic carbocycles. The van der Waals surface area contributed by atoms with Gasteiger partial charge in [-0.25, -0.2) is 4.99 Å². The lowest BCUT2D eigenvalue weighted by Gasteiger charge is -2.09. The number of hydrogen-bond donors (Lipinski definition) is 8. The highest BCUT2D eigenvalue weighted by atomic mass is 79.9. The number of nitrogen functional groups attached to an aromatic ring is 1. The number of hydrogen-bond acceptors (Lipinski definition) is 8. The summed E-state index contributed by atoms with van der Waals surface area (Å²) in [5.74, 6) is -0.0299. The molecule has 0 spiro atoms. The molecule has 15 nitrogen and oxygen atoms in total. The van der Waals surface area contributed by atoms with Crippen LogP contribution in [0.4, 0.5) is 11.4 Å². The first kappa shape index (κ1) is 70.4. The van der Waals surface area contributed by atoms with E-state index in [4.69, 9.17) is 16.6 Å². The number of anilines is 1. The van der Waals surface area contributed by atoms with Crippen molar-refractivity contribution in [2.24, 2.45) is 10.7 Å². The van der Waals surface area contributed by atoms with Gasteiger partial charge < -0.3 is 61.1 Å². The molecule has 0 radical (unpaired) electrons. The van der Waals surface area contributed by atoms with Crippen LogP contribution in [0.15, 0.2) is 158 Å². The zero-order valence-corrected chi connectivity index (χ0v) is 58.0. The minimum atomic E-state index is -0.764. The number of aromatic amines is 5. The van der Waals surface area contributed by atoms with Gasteiger partial charge in [-0.2, -0.15) is 0 Å². The summed E-state index contributed by atoms with van der Waals surface area (Å²) in [5, 5.41) is 16.7. The van der Waals surface area contributed by atoms with Crippen LogP contribution in [0.3, 0.4) is 0 Å². The Morgan fingerprint density at radius 2 is 0.864 bits per heavy atom. The van der Waals surface area contributed by atoms with Gasteiger partial charge >= 0.3 is 5.97 Å². The lowest BCUT2D eigenvalue weighted by Crippen LogP contribution is -2.21. The molecule has 0 atom stereocenters. The zero-order chi connectivity index (χ0) is 62.6. The fourth-order valence-electron chi connectivity index (χ4n) is 10.0. The lowest BCUT2D eigenvalue weighted by molar-refractivity contribution is -0.137. The Labute approximate surface area is 552 Å². The largest absolute Gasteiger partial charge is 0.481 e. The second kappa shape index (κ2) is 34.9. The van der Waals surface area contributed by atoms with E-state index in [-0.39, 0.29) is 24.7 Å². The number of nitrogens with two attached hydrogens (primary N) is 2. The monoisotopic (exact) mass is 1420 g/mol. The predicted octanol–water partition coefficient (Wildman–Crippen LogP) is 15.8. The molecule has 11 rings (SSSR count). The number of aromatic nitrogens is 5. The van der Waals surface area contributed by atoms with Crippen LogP contribution in [0.25, 0.3) is 54.5 Å². The molecule has 0 aliphatic rings. The Morgan fingerprint density at radius 3 is 1.24 bits per heavy atom. The molecule has 0 saturated heterocycles. The third kappa shape index (κ3) is 21.5. The topological polar surface area (TPSA) is 211 Å². The van der Waals surface area contributed by atoms with Crippen molar-refractivity contribution in [3.63, 3.8) is 0 Å². The zero-order valence-electron chi connectivity index (χ0n) is 51.6. The molecule has 0 aliphatic heterocycles. The van der Waals surface area contributed by atoms with Crippen molar-refractivity contribution in [1.82, 2.24) is 44.5 Å². The highest BCUT2D eigenvalue weighted by Crippen LogP contribution is 2.29. The highest BCUT2D eigenvalue weighted by Gasteiger charge is 2.12. The molecule has 88 heavy (non-hydrogen) atoms. The highest BCUT2D eigenvalue weighted by molar-refractivity contribution is 9.11. The summed E-state index contributed by atoms with van der Waals surface area (Å²) < 4.78 is 3.21. The quantitative estimate of drug-likeness (QED) is 0.0209. The maximum absolute atomic E-state index is 11.5. The van der Waals surface area contributed by atoms with E-state index >= 15 is 0 Å². The average molecular weight is 1420 g/mol. The van der Waals surface area contributed by atoms with Gasteiger partial charge in [-0.3, -0.25) is 9.59 Å². The van der Waals surface area contributed by atoms with E-state index in [1.54, 1.807) is 30.3 Å². The van der Waals surface area contributed by atoms with Crippen LogP contribution in [0.5, 0.6) is 0 Å². The lowest BCUT2D eigenvalue weighted by atomic mass is 10.1. The SMILES string of the molecule is CN(C)C(=O)CCc1c[nH]c2ccc(Br)cc12.CN(C)CCCc1c[nH]c2ccc(Br)cc12.CN(C)CCCc1c[nH]c2ccc(N)cc12.CN(C)CCCc1c[nH]c2ccc(N=C(N)c3cccs3)cc12.Cl.O=C(O)CCc1c[nH]c2ccc(Br)cc12. The van der Waals surface area contributed by atoms with Gasteiger partial charge in [-0.05, 0) is 244 Å². The minimum absolute atomic E-state index is 0. The number of carbonyl (C=O) groups excluding carboxylic acids is 1. The molecule has 6 heterocycles. The molecule has 11 aromatic rings. The Kier molecular flexibility index (Phi) is 27.9. The first-order chi connectivity index (χ1) is 41.7. The van der Waals surface area contributed by atoms with E-state index in [1.165, 1.54) is 67.7 Å². The second-order valence-electron chi connectivity index (χ2n) is 22.6. The van der Waals surface area contributed by atoms with E-state index in [0.29, 0.717) is 18.7 Å². The first-order valence-electron chi connectivity index (χ1n) is 29.2. The van der Waals surface area contributed by atoms with Gasteiger partial charge in [0.25, 0.3) is 0 Å². The number of carbonyl (C=O) groups is 2. The number of aliphatic imine (C=N–C) groups is 1. The molecule has 0 saturated carbocycles. The molecule has 0 bridgehead atoms. The molecule has 5 aromatic carbocycles. The number of H-pyrrole nitrogens is 5. The second-order valence-corrected chi connectivity index (χ2v) is 26.2. The van der Waals surface area contributed by atoms with E-state index in [9.17, 15) is 9.59 Å². The number of carboxylic acid groups (broad SMARTS) is 1. The van der Waals surface area contributed by atoms with E-state index in [1.807, 2.05) is 78.4 Å². The van der Waals surface area contributed by atoms with Gasteiger partial charge in [0.2, 0.25) is 5.91 Å². The third-order valence-corrected chi connectivity index (χ3v) is 17.0. The Balaban J connectivity index is 0.000000177. The Hall–Kier alpha value is -6.68. The van der Waals surface area contributed by atoms with Crippen molar-refractivity contribution in [3.8, 4) is 0 Å². The Bertz CT molecular complexity index is 3900. The smallest absolute Gasteiger partial charge is 0.303 e. The average Bonchev–Trinajstić information content (AvgIpc) is 4.57. The number of amides is 1. The number of fused-ring (bicyclic) bond motifs is 5.